The highest BCUT2D eigenvalue weighted by molar-refractivity contribution is 7.93. The van der Waals surface area contributed by atoms with Crippen molar-refractivity contribution in [1.29, 1.82) is 0 Å². The molecule has 0 nitrogen and oxygen atoms in total. The lowest BCUT2D eigenvalue weighted by molar-refractivity contribution is 0.400. The maximum atomic E-state index is 4.00. The van der Waals surface area contributed by atoms with Crippen LogP contribution in [0.4, 0.5) is 0 Å². The van der Waals surface area contributed by atoms with E-state index in [1.54, 1.807) is 0 Å². The van der Waals surface area contributed by atoms with Crippen LogP contribution in [0.2, 0.25) is 0 Å². The summed E-state index contributed by atoms with van der Waals surface area (Å²) in [7, 11) is -1.74. The topological polar surface area (TPSA) is 0 Å². The van der Waals surface area contributed by atoms with E-state index >= 15 is 0 Å². The lowest BCUT2D eigenvalue weighted by atomic mass is 9.94. The van der Waals surface area contributed by atoms with Crippen LogP contribution in [0.5, 0.6) is 0 Å². The van der Waals surface area contributed by atoms with Gasteiger partial charge in [-0.1, -0.05) is 75.9 Å². The zero-order valence-corrected chi connectivity index (χ0v) is 17.5. The van der Waals surface area contributed by atoms with Crippen molar-refractivity contribution in [2.24, 2.45) is 5.41 Å². The van der Waals surface area contributed by atoms with Crippen molar-refractivity contribution < 1.29 is 0 Å². The van der Waals surface area contributed by atoms with Gasteiger partial charge in [0.1, 0.15) is 23.2 Å². The van der Waals surface area contributed by atoms with Crippen molar-refractivity contribution >= 4 is 17.9 Å². The summed E-state index contributed by atoms with van der Waals surface area (Å²) in [6, 6.07) is 22.1. The van der Waals surface area contributed by atoms with Crippen LogP contribution in [-0.2, 0) is 0 Å². The second-order valence-electron chi connectivity index (χ2n) is 7.84. The van der Waals surface area contributed by atoms with Gasteiger partial charge in [0.15, 0.2) is 0 Å². The van der Waals surface area contributed by atoms with E-state index in [0.717, 1.165) is 6.16 Å². The Kier molecular flexibility index (Phi) is 7.18. The number of allylic oxidation sites excluding steroid dienone is 5. The standard InChI is InChI=1S/C25H32P/c1-6-14-22(15-7-2)26(21-20-25(3,4)5,23-16-10-8-11-17-23)24-18-12-9-13-19-24/h6-19H,1,20-21H2,2-5H3/q+1/b15-7-,22-14+. The van der Waals surface area contributed by atoms with Crippen molar-refractivity contribution in [3.63, 3.8) is 0 Å². The second-order valence-corrected chi connectivity index (χ2v) is 11.5. The summed E-state index contributed by atoms with van der Waals surface area (Å²) in [5.41, 5.74) is 0.296. The van der Waals surface area contributed by atoms with E-state index in [9.17, 15) is 0 Å². The molecule has 0 N–H and O–H groups in total. The van der Waals surface area contributed by atoms with Gasteiger partial charge in [0, 0.05) is 0 Å². The largest absolute Gasteiger partial charge is 0.112 e. The maximum Gasteiger partial charge on any atom is 0.112 e. The van der Waals surface area contributed by atoms with E-state index in [2.05, 4.69) is 113 Å². The molecule has 1 heteroatoms. The quantitative estimate of drug-likeness (QED) is 0.377. The molecule has 0 saturated heterocycles. The Morgan fingerprint density at radius 1 is 0.923 bits per heavy atom. The maximum absolute atomic E-state index is 4.00. The molecule has 0 spiro atoms. The molecule has 0 aliphatic rings. The lowest BCUT2D eigenvalue weighted by Crippen LogP contribution is -2.27. The van der Waals surface area contributed by atoms with E-state index in [4.69, 9.17) is 0 Å². The molecule has 26 heavy (non-hydrogen) atoms. The van der Waals surface area contributed by atoms with Crippen molar-refractivity contribution in [3.8, 4) is 0 Å². The zero-order valence-electron chi connectivity index (χ0n) is 16.7. The third-order valence-corrected chi connectivity index (χ3v) is 9.09. The molecule has 0 fully saturated rings. The van der Waals surface area contributed by atoms with Gasteiger partial charge in [-0.15, -0.1) is 0 Å². The Morgan fingerprint density at radius 2 is 1.42 bits per heavy atom. The fourth-order valence-electron chi connectivity index (χ4n) is 3.30. The molecule has 2 aromatic carbocycles. The zero-order chi connectivity index (χ0) is 19.0. The molecular formula is C25H32P+. The summed E-state index contributed by atoms with van der Waals surface area (Å²) in [6.45, 7) is 13.1. The van der Waals surface area contributed by atoms with Crippen molar-refractivity contribution in [1.82, 2.24) is 0 Å². The molecule has 0 aromatic heterocycles. The van der Waals surface area contributed by atoms with Gasteiger partial charge < -0.3 is 0 Å². The summed E-state index contributed by atoms with van der Waals surface area (Å²) >= 11 is 0. The molecule has 0 amide bonds. The van der Waals surface area contributed by atoms with Crippen LogP contribution < -0.4 is 10.6 Å². The normalized spacial score (nSPS) is 13.2. The summed E-state index contributed by atoms with van der Waals surface area (Å²) in [5.74, 6) is 0. The van der Waals surface area contributed by atoms with Gasteiger partial charge in [-0.25, -0.2) is 0 Å². The average molecular weight is 364 g/mol. The smallest absolute Gasteiger partial charge is 0.0989 e. The number of benzene rings is 2. The summed E-state index contributed by atoms with van der Waals surface area (Å²) in [6.07, 6.45) is 10.9. The SMILES string of the molecule is C=C/C=C(\C=C/C)[P+](CCC(C)(C)C)(c1ccccc1)c1ccccc1. The summed E-state index contributed by atoms with van der Waals surface area (Å²) in [5, 5.41) is 4.29. The van der Waals surface area contributed by atoms with E-state index in [1.165, 1.54) is 22.3 Å². The highest BCUT2D eigenvalue weighted by atomic mass is 31.2. The van der Waals surface area contributed by atoms with Crippen molar-refractivity contribution in [3.05, 3.63) is 96.9 Å². The van der Waals surface area contributed by atoms with Gasteiger partial charge in [0.2, 0.25) is 0 Å². The highest BCUT2D eigenvalue weighted by Crippen LogP contribution is 2.65. The number of hydrogen-bond acceptors (Lipinski definition) is 0. The number of hydrogen-bond donors (Lipinski definition) is 0. The van der Waals surface area contributed by atoms with Gasteiger partial charge in [-0.05, 0) is 55.2 Å². The molecular weight excluding hydrogens is 331 g/mol. The van der Waals surface area contributed by atoms with E-state index < -0.39 is 7.26 Å². The third-order valence-electron chi connectivity index (χ3n) is 4.66. The first-order valence-electron chi connectivity index (χ1n) is 9.39. The van der Waals surface area contributed by atoms with E-state index in [0.29, 0.717) is 5.41 Å². The molecule has 0 atom stereocenters. The van der Waals surface area contributed by atoms with Crippen LogP contribution in [0, 0.1) is 5.41 Å². The molecule has 2 rings (SSSR count). The van der Waals surface area contributed by atoms with Gasteiger partial charge in [0.25, 0.3) is 0 Å². The van der Waals surface area contributed by atoms with Gasteiger partial charge in [0.05, 0.1) is 6.16 Å². The molecule has 0 saturated carbocycles. The average Bonchev–Trinajstić information content (AvgIpc) is 2.63. The van der Waals surface area contributed by atoms with Gasteiger partial charge in [-0.3, -0.25) is 0 Å². The Hall–Kier alpha value is -1.91. The molecule has 0 aliphatic heterocycles. The van der Waals surface area contributed by atoms with Crippen molar-refractivity contribution in [2.45, 2.75) is 34.1 Å². The van der Waals surface area contributed by atoms with E-state index in [-0.39, 0.29) is 0 Å². The van der Waals surface area contributed by atoms with Crippen LogP contribution in [0.3, 0.4) is 0 Å². The minimum absolute atomic E-state index is 0.296. The van der Waals surface area contributed by atoms with Gasteiger partial charge in [-0.2, -0.15) is 0 Å². The Balaban J connectivity index is 2.78. The highest BCUT2D eigenvalue weighted by Gasteiger charge is 2.46. The van der Waals surface area contributed by atoms with Crippen LogP contribution in [0.1, 0.15) is 34.1 Å². The molecule has 0 radical (unpaired) electrons. The summed E-state index contributed by atoms with van der Waals surface area (Å²) in [4.78, 5) is 0. The number of rotatable bonds is 7. The van der Waals surface area contributed by atoms with Crippen LogP contribution in [0.25, 0.3) is 0 Å². The fraction of sp³-hybridized carbons (Fsp3) is 0.280. The molecule has 0 bridgehead atoms. The molecule has 136 valence electrons. The monoisotopic (exact) mass is 363 g/mol. The third kappa shape index (κ3) is 4.83. The first-order valence-corrected chi connectivity index (χ1v) is 11.4. The van der Waals surface area contributed by atoms with Crippen LogP contribution >= 0.6 is 7.26 Å². The Morgan fingerprint density at radius 3 is 1.81 bits per heavy atom. The Bertz CT molecular complexity index is 706. The van der Waals surface area contributed by atoms with E-state index in [1.807, 2.05) is 6.08 Å². The predicted octanol–water partition coefficient (Wildman–Crippen LogP) is 6.74. The first kappa shape index (κ1) is 20.4. The minimum atomic E-state index is -1.74. The minimum Gasteiger partial charge on any atom is -0.0989 e. The second kappa shape index (κ2) is 9.15. The predicted molar refractivity (Wildman–Crippen MR) is 121 cm³/mol. The molecule has 0 unspecified atom stereocenters. The Labute approximate surface area is 160 Å². The fourth-order valence-corrected chi connectivity index (χ4v) is 8.11. The van der Waals surface area contributed by atoms with Gasteiger partial charge >= 0.3 is 0 Å². The first-order chi connectivity index (χ1) is 12.4. The molecule has 0 heterocycles. The molecule has 0 aliphatic carbocycles. The molecule has 2 aromatic rings. The summed E-state index contributed by atoms with van der Waals surface area (Å²) < 4.78 is 0. The van der Waals surface area contributed by atoms with Crippen LogP contribution in [0.15, 0.2) is 96.9 Å². The van der Waals surface area contributed by atoms with Crippen LogP contribution in [-0.4, -0.2) is 6.16 Å². The lowest BCUT2D eigenvalue weighted by Gasteiger charge is -2.31. The van der Waals surface area contributed by atoms with Crippen molar-refractivity contribution in [2.75, 3.05) is 6.16 Å².